The van der Waals surface area contributed by atoms with E-state index >= 15 is 0 Å². The van der Waals surface area contributed by atoms with Gasteiger partial charge in [0.1, 0.15) is 0 Å². The molecular formula is C23H22S. The summed E-state index contributed by atoms with van der Waals surface area (Å²) >= 11 is 4.69. The standard InChI is InChI=1S/C23H22S/c1-6-18-22(24)13-21(17-11-15(4)10-16(5)12-17)20-9-7-8-19(14(2)3)23(18)20/h1,9-13,24H,2,7-8H2,3-5H3. The van der Waals surface area contributed by atoms with E-state index in [2.05, 4.69) is 63.6 Å². The first-order chi connectivity index (χ1) is 11.4. The number of aryl methyl sites for hydroxylation is 2. The highest BCUT2D eigenvalue weighted by molar-refractivity contribution is 7.80. The molecule has 24 heavy (non-hydrogen) atoms. The summed E-state index contributed by atoms with van der Waals surface area (Å²) in [6.07, 6.45) is 10.1. The highest BCUT2D eigenvalue weighted by Crippen LogP contribution is 2.25. The summed E-state index contributed by atoms with van der Waals surface area (Å²) in [6.45, 7) is 10.5. The number of rotatable bonds is 2. The third-order valence-electron chi connectivity index (χ3n) is 4.58. The van der Waals surface area contributed by atoms with Crippen LogP contribution >= 0.6 is 12.6 Å². The van der Waals surface area contributed by atoms with Crippen LogP contribution < -0.4 is 10.4 Å². The molecule has 1 aliphatic carbocycles. The average Bonchev–Trinajstić information content (AvgIpc) is 2.52. The van der Waals surface area contributed by atoms with E-state index in [0.29, 0.717) is 0 Å². The molecule has 0 saturated heterocycles. The minimum absolute atomic E-state index is 0.861. The first-order valence-corrected chi connectivity index (χ1v) is 8.67. The summed E-state index contributed by atoms with van der Waals surface area (Å²) in [5.74, 6) is 2.85. The van der Waals surface area contributed by atoms with E-state index in [-0.39, 0.29) is 0 Å². The first-order valence-electron chi connectivity index (χ1n) is 8.23. The fourth-order valence-electron chi connectivity index (χ4n) is 3.64. The van der Waals surface area contributed by atoms with Crippen LogP contribution in [0.3, 0.4) is 0 Å². The van der Waals surface area contributed by atoms with E-state index in [1.165, 1.54) is 33.0 Å². The fourth-order valence-corrected chi connectivity index (χ4v) is 3.94. The molecule has 0 amide bonds. The summed E-state index contributed by atoms with van der Waals surface area (Å²) < 4.78 is 0. The zero-order chi connectivity index (χ0) is 17.4. The molecular weight excluding hydrogens is 308 g/mol. The smallest absolute Gasteiger partial charge is 0.0457 e. The second kappa shape index (κ2) is 6.38. The van der Waals surface area contributed by atoms with Crippen LogP contribution in [0.2, 0.25) is 0 Å². The van der Waals surface area contributed by atoms with E-state index in [4.69, 9.17) is 19.1 Å². The average molecular weight is 330 g/mol. The van der Waals surface area contributed by atoms with Crippen LogP contribution in [0.1, 0.15) is 36.5 Å². The van der Waals surface area contributed by atoms with E-state index in [9.17, 15) is 0 Å². The molecule has 0 heterocycles. The second-order valence-electron chi connectivity index (χ2n) is 6.63. The van der Waals surface area contributed by atoms with Crippen LogP contribution in [0.5, 0.6) is 0 Å². The van der Waals surface area contributed by atoms with Gasteiger partial charge in [0.25, 0.3) is 0 Å². The number of allylic oxidation sites excluding steroid dienone is 1. The summed E-state index contributed by atoms with van der Waals surface area (Å²) in [5.41, 5.74) is 8.20. The Balaban J connectivity index is 2.51. The van der Waals surface area contributed by atoms with Crippen LogP contribution in [-0.2, 0) is 0 Å². The molecule has 3 rings (SSSR count). The number of hydrogen-bond acceptors (Lipinski definition) is 1. The number of benzene rings is 2. The molecule has 1 heteroatoms. The van der Waals surface area contributed by atoms with Gasteiger partial charge in [0.15, 0.2) is 0 Å². The quantitative estimate of drug-likeness (QED) is 0.606. The topological polar surface area (TPSA) is 0 Å². The molecule has 0 saturated carbocycles. The van der Waals surface area contributed by atoms with Crippen LogP contribution in [0.4, 0.5) is 0 Å². The Kier molecular flexibility index (Phi) is 4.43. The number of fused-ring (bicyclic) bond motifs is 1. The largest absolute Gasteiger partial charge is 0.142 e. The molecule has 0 nitrogen and oxygen atoms in total. The third kappa shape index (κ3) is 2.83. The molecule has 0 unspecified atom stereocenters. The Bertz CT molecular complexity index is 993. The monoisotopic (exact) mass is 330 g/mol. The predicted molar refractivity (Wildman–Crippen MR) is 108 cm³/mol. The van der Waals surface area contributed by atoms with Crippen molar-refractivity contribution in [1.29, 1.82) is 0 Å². The number of hydrogen-bond donors (Lipinski definition) is 1. The molecule has 0 atom stereocenters. The van der Waals surface area contributed by atoms with E-state index in [1.807, 2.05) is 0 Å². The van der Waals surface area contributed by atoms with Gasteiger partial charge in [-0.2, -0.15) is 0 Å². The van der Waals surface area contributed by atoms with Gasteiger partial charge < -0.3 is 0 Å². The Hall–Kier alpha value is -2.17. The molecule has 2 aromatic rings. The molecule has 0 aromatic heterocycles. The summed E-state index contributed by atoms with van der Waals surface area (Å²) in [7, 11) is 0. The molecule has 0 spiro atoms. The van der Waals surface area contributed by atoms with Crippen molar-refractivity contribution in [2.75, 3.05) is 0 Å². The van der Waals surface area contributed by atoms with Gasteiger partial charge in [0, 0.05) is 15.7 Å². The van der Waals surface area contributed by atoms with Crippen LogP contribution in [0, 0.1) is 26.2 Å². The van der Waals surface area contributed by atoms with Crippen molar-refractivity contribution >= 4 is 24.3 Å². The SMILES string of the molecule is C#Cc1c(S)cc(-c2cc(C)cc(C)c2)c2c1=C(C(=C)C)CCC=2. The van der Waals surface area contributed by atoms with Crippen LogP contribution in [0.15, 0.2) is 41.3 Å². The summed E-state index contributed by atoms with van der Waals surface area (Å²) in [5, 5.41) is 2.38. The molecule has 2 aromatic carbocycles. The van der Waals surface area contributed by atoms with Crippen molar-refractivity contribution in [1.82, 2.24) is 0 Å². The van der Waals surface area contributed by atoms with E-state index < -0.39 is 0 Å². The maximum atomic E-state index is 5.82. The lowest BCUT2D eigenvalue weighted by atomic mass is 9.88. The van der Waals surface area contributed by atoms with Crippen molar-refractivity contribution in [3.63, 3.8) is 0 Å². The minimum atomic E-state index is 0.861. The van der Waals surface area contributed by atoms with E-state index in [0.717, 1.165) is 34.1 Å². The van der Waals surface area contributed by atoms with Gasteiger partial charge in [-0.3, -0.25) is 0 Å². The van der Waals surface area contributed by atoms with Gasteiger partial charge in [-0.1, -0.05) is 53.5 Å². The number of thiol groups is 1. The van der Waals surface area contributed by atoms with Crippen molar-refractivity contribution in [2.24, 2.45) is 0 Å². The predicted octanol–water partition coefficient (Wildman–Crippen LogP) is 4.54. The zero-order valence-electron chi connectivity index (χ0n) is 14.5. The van der Waals surface area contributed by atoms with Crippen molar-refractivity contribution < 1.29 is 0 Å². The van der Waals surface area contributed by atoms with Crippen LogP contribution in [0.25, 0.3) is 22.8 Å². The maximum Gasteiger partial charge on any atom is 0.0457 e. The Morgan fingerprint density at radius 3 is 2.42 bits per heavy atom. The lowest BCUT2D eigenvalue weighted by molar-refractivity contribution is 1.06. The second-order valence-corrected chi connectivity index (χ2v) is 7.11. The van der Waals surface area contributed by atoms with Gasteiger partial charge in [-0.25, -0.2) is 0 Å². The summed E-state index contributed by atoms with van der Waals surface area (Å²) in [4.78, 5) is 0.861. The van der Waals surface area contributed by atoms with Gasteiger partial charge in [-0.05, 0) is 61.6 Å². The normalized spacial score (nSPS) is 13.0. The molecule has 0 radical (unpaired) electrons. The number of terminal acetylenes is 1. The Morgan fingerprint density at radius 2 is 1.83 bits per heavy atom. The van der Waals surface area contributed by atoms with Gasteiger partial charge in [0.2, 0.25) is 0 Å². The highest BCUT2D eigenvalue weighted by Gasteiger charge is 2.15. The lowest BCUT2D eigenvalue weighted by Crippen LogP contribution is -2.35. The fraction of sp³-hybridized carbons (Fsp3) is 0.217. The zero-order valence-corrected chi connectivity index (χ0v) is 15.4. The van der Waals surface area contributed by atoms with Gasteiger partial charge in [0.05, 0.1) is 0 Å². The van der Waals surface area contributed by atoms with Crippen LogP contribution in [-0.4, -0.2) is 0 Å². The van der Waals surface area contributed by atoms with Crippen molar-refractivity contribution in [2.45, 2.75) is 38.5 Å². The molecule has 0 fully saturated rings. The minimum Gasteiger partial charge on any atom is -0.142 e. The first kappa shape index (κ1) is 16.7. The lowest BCUT2D eigenvalue weighted by Gasteiger charge is -2.17. The highest BCUT2D eigenvalue weighted by atomic mass is 32.1. The molecule has 120 valence electrons. The maximum absolute atomic E-state index is 5.82. The van der Waals surface area contributed by atoms with Crippen molar-refractivity contribution in [3.8, 4) is 23.5 Å². The Labute approximate surface area is 150 Å². The van der Waals surface area contributed by atoms with Gasteiger partial charge >= 0.3 is 0 Å². The van der Waals surface area contributed by atoms with Crippen molar-refractivity contribution in [3.05, 3.63) is 63.5 Å². The Morgan fingerprint density at radius 1 is 1.17 bits per heavy atom. The van der Waals surface area contributed by atoms with E-state index in [1.54, 1.807) is 0 Å². The molecule has 0 N–H and O–H groups in total. The third-order valence-corrected chi connectivity index (χ3v) is 4.94. The molecule has 0 aliphatic heterocycles. The summed E-state index contributed by atoms with van der Waals surface area (Å²) in [6, 6.07) is 8.77. The molecule has 0 bridgehead atoms. The molecule has 1 aliphatic rings. The van der Waals surface area contributed by atoms with Gasteiger partial charge in [-0.15, -0.1) is 19.1 Å².